The van der Waals surface area contributed by atoms with Crippen LogP contribution in [0.15, 0.2) is 73.3 Å². The summed E-state index contributed by atoms with van der Waals surface area (Å²) in [5, 5.41) is 12.5. The van der Waals surface area contributed by atoms with E-state index in [-0.39, 0.29) is 5.56 Å². The van der Waals surface area contributed by atoms with Crippen molar-refractivity contribution in [2.75, 3.05) is 12.4 Å². The van der Waals surface area contributed by atoms with Crippen LogP contribution in [0.5, 0.6) is 5.75 Å². The minimum absolute atomic E-state index is 0.232. The molecule has 2 heterocycles. The van der Waals surface area contributed by atoms with Gasteiger partial charge in [0.05, 0.1) is 17.6 Å². The topological polar surface area (TPSA) is 84.3 Å². The van der Waals surface area contributed by atoms with Crippen molar-refractivity contribution in [2.45, 2.75) is 13.3 Å². The maximum Gasteiger partial charge on any atom is 0.335 e. The largest absolute Gasteiger partial charge is 0.497 e. The Morgan fingerprint density at radius 1 is 1.06 bits per heavy atom. The number of rotatable bonds is 9. The van der Waals surface area contributed by atoms with E-state index in [0.717, 1.165) is 38.0 Å². The Balaban J connectivity index is 1.60. The lowest BCUT2D eigenvalue weighted by Crippen LogP contribution is -2.05. The van der Waals surface area contributed by atoms with E-state index in [1.54, 1.807) is 42.7 Å². The van der Waals surface area contributed by atoms with Crippen molar-refractivity contribution in [3.8, 4) is 16.5 Å². The number of aromatic nitrogens is 2. The molecule has 0 saturated carbocycles. The summed E-state index contributed by atoms with van der Waals surface area (Å²) in [6.07, 6.45) is 6.55. The summed E-state index contributed by atoms with van der Waals surface area (Å²) in [6, 6.07) is 18.5. The molecule has 2 N–H and O–H groups in total. The molecule has 2 aromatic heterocycles. The number of nitrogens with zero attached hydrogens (tertiary/aromatic N) is 2. The number of carboxylic acid groups (broad SMARTS) is 1. The number of thiophene rings is 1. The Morgan fingerprint density at radius 2 is 1.80 bits per heavy atom. The third kappa shape index (κ3) is 5.83. The highest BCUT2D eigenvalue weighted by Crippen LogP contribution is 2.31. The summed E-state index contributed by atoms with van der Waals surface area (Å²) < 4.78 is 5.21. The van der Waals surface area contributed by atoms with E-state index in [9.17, 15) is 4.79 Å². The maximum absolute atomic E-state index is 11.2. The fourth-order valence-electron chi connectivity index (χ4n) is 3.49. The van der Waals surface area contributed by atoms with Gasteiger partial charge in [-0.25, -0.2) is 14.8 Å². The van der Waals surface area contributed by atoms with Crippen molar-refractivity contribution < 1.29 is 14.6 Å². The SMILES string of the molecule is C=CCc1c(C)nc(-c2ccc(C=Cc3ccc(OC)cc3)s2)nc1Nc1ccc(C(=O)O)cc1. The quantitative estimate of drug-likeness (QED) is 0.253. The van der Waals surface area contributed by atoms with Gasteiger partial charge in [-0.2, -0.15) is 0 Å². The minimum atomic E-state index is -0.960. The number of methoxy groups -OCH3 is 1. The minimum Gasteiger partial charge on any atom is -0.497 e. The maximum atomic E-state index is 11.2. The first-order valence-corrected chi connectivity index (χ1v) is 11.8. The highest BCUT2D eigenvalue weighted by Gasteiger charge is 2.14. The summed E-state index contributed by atoms with van der Waals surface area (Å²) in [7, 11) is 1.65. The fraction of sp³-hybridized carbons (Fsp3) is 0.107. The van der Waals surface area contributed by atoms with E-state index in [1.165, 1.54) is 0 Å². The summed E-state index contributed by atoms with van der Waals surface area (Å²) in [4.78, 5) is 22.8. The third-order valence-corrected chi connectivity index (χ3v) is 6.41. The number of carboxylic acids is 1. The molecule has 6 nitrogen and oxygen atoms in total. The van der Waals surface area contributed by atoms with Gasteiger partial charge >= 0.3 is 5.97 Å². The molecular weight excluding hydrogens is 458 g/mol. The second kappa shape index (κ2) is 10.8. The van der Waals surface area contributed by atoms with Crippen LogP contribution < -0.4 is 10.1 Å². The Hall–Kier alpha value is -4.23. The van der Waals surface area contributed by atoms with Crippen LogP contribution in [-0.4, -0.2) is 28.2 Å². The number of aryl methyl sites for hydroxylation is 1. The molecule has 35 heavy (non-hydrogen) atoms. The van der Waals surface area contributed by atoms with Gasteiger partial charge in [0.1, 0.15) is 11.6 Å². The predicted molar refractivity (Wildman–Crippen MR) is 143 cm³/mol. The first-order chi connectivity index (χ1) is 17.0. The molecule has 0 amide bonds. The number of anilines is 2. The molecule has 176 valence electrons. The van der Waals surface area contributed by atoms with Crippen LogP contribution >= 0.6 is 11.3 Å². The zero-order valence-corrected chi connectivity index (χ0v) is 20.3. The van der Waals surface area contributed by atoms with Gasteiger partial charge in [0.15, 0.2) is 5.82 Å². The lowest BCUT2D eigenvalue weighted by atomic mass is 10.1. The third-order valence-electron chi connectivity index (χ3n) is 5.36. The molecule has 0 atom stereocenters. The average Bonchev–Trinajstić information content (AvgIpc) is 3.34. The number of aromatic carboxylic acids is 1. The number of ether oxygens (including phenoxy) is 1. The number of allylic oxidation sites excluding steroid dienone is 1. The monoisotopic (exact) mass is 483 g/mol. The Bertz CT molecular complexity index is 1370. The van der Waals surface area contributed by atoms with Gasteiger partial charge in [-0.05, 0) is 73.5 Å². The van der Waals surface area contributed by atoms with Crippen LogP contribution in [0.1, 0.15) is 32.1 Å². The van der Waals surface area contributed by atoms with Crippen LogP contribution in [0.4, 0.5) is 11.5 Å². The molecule has 0 spiro atoms. The molecule has 0 unspecified atom stereocenters. The van der Waals surface area contributed by atoms with Crippen LogP contribution in [0.3, 0.4) is 0 Å². The molecule has 4 rings (SSSR count). The number of hydrogen-bond donors (Lipinski definition) is 2. The molecular formula is C28H25N3O3S. The van der Waals surface area contributed by atoms with Gasteiger partial charge in [0, 0.05) is 21.8 Å². The summed E-state index contributed by atoms with van der Waals surface area (Å²) >= 11 is 1.61. The standard InChI is InChI=1S/C28H25N3O3S/c1-4-5-24-18(2)29-27(31-26(24)30-21-11-9-20(10-12-21)28(32)33)25-17-16-23(35-25)15-8-19-6-13-22(34-3)14-7-19/h4,6-17H,1,5H2,2-3H3,(H,32,33)(H,29,30,31). The number of nitrogens with one attached hydrogen (secondary N) is 1. The zero-order chi connectivity index (χ0) is 24.8. The summed E-state index contributed by atoms with van der Waals surface area (Å²) in [5.41, 5.74) is 3.88. The van der Waals surface area contributed by atoms with Gasteiger partial charge in [-0.1, -0.05) is 24.3 Å². The second-order valence-electron chi connectivity index (χ2n) is 7.77. The smallest absolute Gasteiger partial charge is 0.335 e. The van der Waals surface area contributed by atoms with Gasteiger partial charge < -0.3 is 15.2 Å². The van der Waals surface area contributed by atoms with E-state index in [2.05, 4.69) is 24.0 Å². The van der Waals surface area contributed by atoms with Crippen molar-refractivity contribution in [1.82, 2.24) is 9.97 Å². The first kappa shape index (κ1) is 23.9. The molecule has 0 fully saturated rings. The number of benzene rings is 2. The molecule has 0 aliphatic rings. The molecule has 7 heteroatoms. The fourth-order valence-corrected chi connectivity index (χ4v) is 4.33. The summed E-state index contributed by atoms with van der Waals surface area (Å²) in [6.45, 7) is 5.81. The van der Waals surface area contributed by atoms with E-state index >= 15 is 0 Å². The summed E-state index contributed by atoms with van der Waals surface area (Å²) in [5.74, 6) is 1.18. The normalized spacial score (nSPS) is 10.9. The molecule has 4 aromatic rings. The van der Waals surface area contributed by atoms with Crippen LogP contribution in [-0.2, 0) is 6.42 Å². The highest BCUT2D eigenvalue weighted by molar-refractivity contribution is 7.16. The highest BCUT2D eigenvalue weighted by atomic mass is 32.1. The lowest BCUT2D eigenvalue weighted by Gasteiger charge is -2.14. The van der Waals surface area contributed by atoms with E-state index in [1.807, 2.05) is 49.4 Å². The molecule has 0 bridgehead atoms. The Labute approximate surface area is 208 Å². The van der Waals surface area contributed by atoms with Crippen LogP contribution in [0, 0.1) is 6.92 Å². The number of hydrogen-bond acceptors (Lipinski definition) is 6. The van der Waals surface area contributed by atoms with Gasteiger partial charge in [0.2, 0.25) is 0 Å². The Kier molecular flexibility index (Phi) is 7.38. The first-order valence-electron chi connectivity index (χ1n) is 11.0. The average molecular weight is 484 g/mol. The molecule has 0 aliphatic heterocycles. The van der Waals surface area contributed by atoms with Gasteiger partial charge in [-0.3, -0.25) is 0 Å². The lowest BCUT2D eigenvalue weighted by molar-refractivity contribution is 0.0697. The van der Waals surface area contributed by atoms with Gasteiger partial charge in [0.25, 0.3) is 0 Å². The van der Waals surface area contributed by atoms with Gasteiger partial charge in [-0.15, -0.1) is 17.9 Å². The molecule has 0 radical (unpaired) electrons. The van der Waals surface area contributed by atoms with Crippen LogP contribution in [0.2, 0.25) is 0 Å². The number of carbonyl (C=O) groups is 1. The van der Waals surface area contributed by atoms with Crippen molar-refractivity contribution in [2.24, 2.45) is 0 Å². The molecule has 0 aliphatic carbocycles. The Morgan fingerprint density at radius 3 is 2.46 bits per heavy atom. The van der Waals surface area contributed by atoms with Crippen molar-refractivity contribution in [3.63, 3.8) is 0 Å². The predicted octanol–water partition coefficient (Wildman–Crippen LogP) is 6.86. The molecule has 2 aromatic carbocycles. The van der Waals surface area contributed by atoms with Crippen molar-refractivity contribution in [3.05, 3.63) is 101 Å². The van der Waals surface area contributed by atoms with Crippen LogP contribution in [0.25, 0.3) is 22.9 Å². The van der Waals surface area contributed by atoms with Crippen molar-refractivity contribution >= 4 is 41.0 Å². The van der Waals surface area contributed by atoms with E-state index in [0.29, 0.717) is 18.1 Å². The second-order valence-corrected chi connectivity index (χ2v) is 8.88. The van der Waals surface area contributed by atoms with E-state index < -0.39 is 5.97 Å². The zero-order valence-electron chi connectivity index (χ0n) is 19.5. The van der Waals surface area contributed by atoms with E-state index in [4.69, 9.17) is 19.8 Å². The molecule has 0 saturated heterocycles. The van der Waals surface area contributed by atoms with Crippen molar-refractivity contribution in [1.29, 1.82) is 0 Å².